The van der Waals surface area contributed by atoms with Crippen molar-refractivity contribution in [1.82, 2.24) is 15.5 Å². The predicted octanol–water partition coefficient (Wildman–Crippen LogP) is 2.35. The summed E-state index contributed by atoms with van der Waals surface area (Å²) in [5, 5.41) is 6.06. The lowest BCUT2D eigenvalue weighted by atomic mass is 9.94. The van der Waals surface area contributed by atoms with Gasteiger partial charge in [0.05, 0.1) is 18.7 Å². The number of esters is 1. The molecule has 2 rings (SSSR count). The van der Waals surface area contributed by atoms with Crippen LogP contribution in [0.2, 0.25) is 0 Å². The molecule has 1 aromatic carbocycles. The van der Waals surface area contributed by atoms with E-state index in [2.05, 4.69) is 34.1 Å². The van der Waals surface area contributed by atoms with Crippen LogP contribution in [0.5, 0.6) is 0 Å². The van der Waals surface area contributed by atoms with Crippen LogP contribution in [0.15, 0.2) is 24.3 Å². The van der Waals surface area contributed by atoms with Gasteiger partial charge >= 0.3 is 5.97 Å². The standard InChI is InChI=1S/C23H35N3O4/c1-15(2)16(3)25-22(28)19-10-12-26(13-11-19)17(4)21(27)24-14-18-6-8-20(9-7-18)23(29)30-5/h6-9,15-17,19H,10-14H2,1-5H3,(H,24,27)(H,25,28)/t16-,17-/m1/s1. The molecular weight excluding hydrogens is 382 g/mol. The molecule has 2 N–H and O–H groups in total. The molecule has 1 aliphatic heterocycles. The normalized spacial score (nSPS) is 17.3. The summed E-state index contributed by atoms with van der Waals surface area (Å²) in [4.78, 5) is 38.6. The fourth-order valence-electron chi connectivity index (χ4n) is 3.44. The van der Waals surface area contributed by atoms with Crippen LogP contribution in [0.25, 0.3) is 0 Å². The molecule has 2 amide bonds. The van der Waals surface area contributed by atoms with E-state index in [4.69, 9.17) is 0 Å². The van der Waals surface area contributed by atoms with Gasteiger partial charge in [0.15, 0.2) is 0 Å². The van der Waals surface area contributed by atoms with Gasteiger partial charge in [0.1, 0.15) is 0 Å². The van der Waals surface area contributed by atoms with E-state index < -0.39 is 0 Å². The number of carbonyl (C=O) groups is 3. The number of hydrogen-bond donors (Lipinski definition) is 2. The highest BCUT2D eigenvalue weighted by molar-refractivity contribution is 5.89. The minimum Gasteiger partial charge on any atom is -0.465 e. The summed E-state index contributed by atoms with van der Waals surface area (Å²) in [5.74, 6) is 0.141. The first-order chi connectivity index (χ1) is 14.2. The SMILES string of the molecule is COC(=O)c1ccc(CNC(=O)[C@@H](C)N2CCC(C(=O)N[C@H](C)C(C)C)CC2)cc1. The smallest absolute Gasteiger partial charge is 0.337 e. The van der Waals surface area contributed by atoms with Crippen molar-refractivity contribution in [1.29, 1.82) is 0 Å². The molecule has 0 bridgehead atoms. The van der Waals surface area contributed by atoms with Crippen LogP contribution in [0.1, 0.15) is 56.5 Å². The molecule has 0 spiro atoms. The van der Waals surface area contributed by atoms with Crippen LogP contribution in [-0.2, 0) is 20.9 Å². The number of ether oxygens (including phenoxy) is 1. The van der Waals surface area contributed by atoms with Gasteiger partial charge < -0.3 is 15.4 Å². The summed E-state index contributed by atoms with van der Waals surface area (Å²) < 4.78 is 4.69. The largest absolute Gasteiger partial charge is 0.465 e. The van der Waals surface area contributed by atoms with Crippen LogP contribution >= 0.6 is 0 Å². The number of piperidine rings is 1. The predicted molar refractivity (Wildman–Crippen MR) is 116 cm³/mol. The quantitative estimate of drug-likeness (QED) is 0.634. The highest BCUT2D eigenvalue weighted by Gasteiger charge is 2.30. The summed E-state index contributed by atoms with van der Waals surface area (Å²) in [6, 6.07) is 6.90. The molecule has 30 heavy (non-hydrogen) atoms. The molecular formula is C23H35N3O4. The van der Waals surface area contributed by atoms with Crippen molar-refractivity contribution in [2.75, 3.05) is 20.2 Å². The van der Waals surface area contributed by atoms with Gasteiger partial charge in [0.25, 0.3) is 0 Å². The van der Waals surface area contributed by atoms with Gasteiger partial charge in [0, 0.05) is 18.5 Å². The fraction of sp³-hybridized carbons (Fsp3) is 0.609. The molecule has 1 aromatic rings. The van der Waals surface area contributed by atoms with Crippen molar-refractivity contribution in [3.63, 3.8) is 0 Å². The molecule has 7 heteroatoms. The zero-order chi connectivity index (χ0) is 22.3. The Balaban J connectivity index is 1.78. The molecule has 166 valence electrons. The van der Waals surface area contributed by atoms with E-state index in [0.717, 1.165) is 31.5 Å². The van der Waals surface area contributed by atoms with Gasteiger partial charge in [-0.1, -0.05) is 26.0 Å². The Morgan fingerprint density at radius 3 is 2.20 bits per heavy atom. The second-order valence-electron chi connectivity index (χ2n) is 8.43. The van der Waals surface area contributed by atoms with Gasteiger partial charge in [-0.25, -0.2) is 4.79 Å². The zero-order valence-electron chi connectivity index (χ0n) is 18.7. The molecule has 0 saturated carbocycles. The number of methoxy groups -OCH3 is 1. The maximum absolute atomic E-state index is 12.6. The zero-order valence-corrected chi connectivity index (χ0v) is 18.7. The Hall–Kier alpha value is -2.41. The first-order valence-corrected chi connectivity index (χ1v) is 10.7. The third-order valence-electron chi connectivity index (χ3n) is 6.04. The van der Waals surface area contributed by atoms with Crippen molar-refractivity contribution < 1.29 is 19.1 Å². The topological polar surface area (TPSA) is 87.7 Å². The maximum Gasteiger partial charge on any atom is 0.337 e. The Morgan fingerprint density at radius 1 is 1.07 bits per heavy atom. The Kier molecular flexibility index (Phi) is 8.84. The van der Waals surface area contributed by atoms with E-state index >= 15 is 0 Å². The minimum atomic E-state index is -0.380. The van der Waals surface area contributed by atoms with E-state index in [-0.39, 0.29) is 35.8 Å². The highest BCUT2D eigenvalue weighted by Crippen LogP contribution is 2.20. The van der Waals surface area contributed by atoms with Crippen molar-refractivity contribution in [2.24, 2.45) is 11.8 Å². The highest BCUT2D eigenvalue weighted by atomic mass is 16.5. The van der Waals surface area contributed by atoms with Crippen molar-refractivity contribution >= 4 is 17.8 Å². The monoisotopic (exact) mass is 417 g/mol. The number of carbonyl (C=O) groups excluding carboxylic acids is 3. The van der Waals surface area contributed by atoms with Crippen LogP contribution in [0.3, 0.4) is 0 Å². The lowest BCUT2D eigenvalue weighted by Gasteiger charge is -2.35. The molecule has 1 aliphatic rings. The summed E-state index contributed by atoms with van der Waals surface area (Å²) in [7, 11) is 1.35. The second-order valence-corrected chi connectivity index (χ2v) is 8.43. The van der Waals surface area contributed by atoms with E-state index in [1.54, 1.807) is 24.3 Å². The van der Waals surface area contributed by atoms with E-state index in [9.17, 15) is 14.4 Å². The van der Waals surface area contributed by atoms with Crippen molar-refractivity contribution in [3.05, 3.63) is 35.4 Å². The number of amides is 2. The average molecular weight is 418 g/mol. The van der Waals surface area contributed by atoms with Gasteiger partial charge in [-0.05, 0) is 63.4 Å². The number of nitrogens with zero attached hydrogens (tertiary/aromatic N) is 1. The molecule has 1 fully saturated rings. The second kappa shape index (κ2) is 11.1. The van der Waals surface area contributed by atoms with Crippen molar-refractivity contribution in [2.45, 2.75) is 59.2 Å². The van der Waals surface area contributed by atoms with Gasteiger partial charge in [-0.3, -0.25) is 14.5 Å². The van der Waals surface area contributed by atoms with E-state index in [1.807, 2.05) is 13.8 Å². The molecule has 0 aliphatic carbocycles. The molecule has 2 atom stereocenters. The summed E-state index contributed by atoms with van der Waals surface area (Å²) in [6.07, 6.45) is 1.53. The first-order valence-electron chi connectivity index (χ1n) is 10.7. The van der Waals surface area contributed by atoms with Crippen molar-refractivity contribution in [3.8, 4) is 0 Å². The Bertz CT molecular complexity index is 724. The van der Waals surface area contributed by atoms with Gasteiger partial charge in [-0.2, -0.15) is 0 Å². The third kappa shape index (κ3) is 6.55. The number of rotatable bonds is 8. The van der Waals surface area contributed by atoms with Gasteiger partial charge in [-0.15, -0.1) is 0 Å². The van der Waals surface area contributed by atoms with Crippen LogP contribution < -0.4 is 10.6 Å². The molecule has 0 unspecified atom stereocenters. The van der Waals surface area contributed by atoms with Crippen LogP contribution in [0.4, 0.5) is 0 Å². The Morgan fingerprint density at radius 2 is 1.67 bits per heavy atom. The van der Waals surface area contributed by atoms with E-state index in [0.29, 0.717) is 18.0 Å². The summed E-state index contributed by atoms with van der Waals surface area (Å²) in [6.45, 7) is 10.00. The summed E-state index contributed by atoms with van der Waals surface area (Å²) in [5.41, 5.74) is 1.40. The number of benzene rings is 1. The number of likely N-dealkylation sites (tertiary alicyclic amines) is 1. The number of hydrogen-bond acceptors (Lipinski definition) is 5. The average Bonchev–Trinajstić information content (AvgIpc) is 2.76. The molecule has 0 aromatic heterocycles. The fourth-order valence-corrected chi connectivity index (χ4v) is 3.44. The molecule has 7 nitrogen and oxygen atoms in total. The van der Waals surface area contributed by atoms with Crippen LogP contribution in [-0.4, -0.2) is 55.0 Å². The lowest BCUT2D eigenvalue weighted by molar-refractivity contribution is -0.129. The number of nitrogens with one attached hydrogen (secondary N) is 2. The molecule has 1 saturated heterocycles. The maximum atomic E-state index is 12.6. The molecule has 1 heterocycles. The van der Waals surface area contributed by atoms with Gasteiger partial charge in [0.2, 0.25) is 11.8 Å². The first kappa shape index (κ1) is 23.9. The third-order valence-corrected chi connectivity index (χ3v) is 6.04. The Labute approximate surface area is 179 Å². The summed E-state index contributed by atoms with van der Waals surface area (Å²) >= 11 is 0. The minimum absolute atomic E-state index is 0.0195. The molecule has 0 radical (unpaired) electrons. The van der Waals surface area contributed by atoms with Crippen LogP contribution in [0, 0.1) is 11.8 Å². The van der Waals surface area contributed by atoms with E-state index in [1.165, 1.54) is 7.11 Å². The lowest BCUT2D eigenvalue weighted by Crippen LogP contribution is -2.50.